The zero-order chi connectivity index (χ0) is 15.4. The van der Waals surface area contributed by atoms with Gasteiger partial charge >= 0.3 is 0 Å². The molecule has 0 aromatic heterocycles. The number of allylic oxidation sites excluding steroid dienone is 4. The smallest absolute Gasteiger partial charge is 0.236 e. The number of unbranched alkanes of at least 4 members (excludes halogenated alkanes) is 1. The van der Waals surface area contributed by atoms with Crippen LogP contribution in [0.5, 0.6) is 0 Å². The summed E-state index contributed by atoms with van der Waals surface area (Å²) in [6.07, 6.45) is 11.1. The van der Waals surface area contributed by atoms with Crippen LogP contribution in [0.1, 0.15) is 33.1 Å². The summed E-state index contributed by atoms with van der Waals surface area (Å²) >= 11 is 0. The molecule has 0 spiro atoms. The Kier molecular flexibility index (Phi) is 9.78. The number of ketones is 1. The molecule has 0 aliphatic heterocycles. The van der Waals surface area contributed by atoms with Gasteiger partial charge in [-0.25, -0.2) is 5.43 Å². The average Bonchev–Trinajstić information content (AvgIpc) is 2.37. The van der Waals surface area contributed by atoms with Crippen LogP contribution in [0.4, 0.5) is 0 Å². The monoisotopic (exact) mass is 277 g/mol. The maximum atomic E-state index is 11.1. The minimum Gasteiger partial charge on any atom is -0.321 e. The normalized spacial score (nSPS) is 13.7. The van der Waals surface area contributed by atoms with Crippen molar-refractivity contribution in [3.05, 3.63) is 36.5 Å². The molecule has 1 unspecified atom stereocenters. The Balaban J connectivity index is 4.19. The number of rotatable bonds is 9. The number of nitrogens with two attached hydrogens (primary N) is 1. The molecule has 0 fully saturated rings. The topological polar surface area (TPSA) is 84.6 Å². The molecule has 0 aliphatic carbocycles. The Morgan fingerprint density at radius 3 is 2.60 bits per heavy atom. The highest BCUT2D eigenvalue weighted by atomic mass is 16.2. The standard InChI is InChI=1S/C15H23N3O2/c1-4-8-14(11-15(16)12(2)19)9-6-5-7-10-17-18-13(3)20/h4,6,8-10,15H,1,5,7,11,16H2,2-3H3,(H,18,20)/b9-6-,14-8+,17-10+. The van der Waals surface area contributed by atoms with Crippen molar-refractivity contribution in [2.45, 2.75) is 39.2 Å². The molecule has 0 radical (unpaired) electrons. The van der Waals surface area contributed by atoms with Gasteiger partial charge in [0.15, 0.2) is 0 Å². The van der Waals surface area contributed by atoms with Gasteiger partial charge in [-0.1, -0.05) is 30.9 Å². The summed E-state index contributed by atoms with van der Waals surface area (Å²) in [4.78, 5) is 21.7. The third kappa shape index (κ3) is 9.96. The van der Waals surface area contributed by atoms with E-state index in [1.165, 1.54) is 13.8 Å². The van der Waals surface area contributed by atoms with Gasteiger partial charge in [0.05, 0.1) is 6.04 Å². The number of carbonyl (C=O) groups excluding carboxylic acids is 2. The van der Waals surface area contributed by atoms with Gasteiger partial charge in [0.2, 0.25) is 5.91 Å². The summed E-state index contributed by atoms with van der Waals surface area (Å²) in [5, 5.41) is 3.74. The van der Waals surface area contributed by atoms with E-state index in [0.717, 1.165) is 18.4 Å². The van der Waals surface area contributed by atoms with Crippen LogP contribution in [0, 0.1) is 0 Å². The number of hydrogen-bond acceptors (Lipinski definition) is 4. The van der Waals surface area contributed by atoms with E-state index < -0.39 is 6.04 Å². The summed E-state index contributed by atoms with van der Waals surface area (Å²) in [5.74, 6) is -0.220. The predicted octanol–water partition coefficient (Wildman–Crippen LogP) is 1.86. The van der Waals surface area contributed by atoms with Crippen LogP contribution >= 0.6 is 0 Å². The van der Waals surface area contributed by atoms with E-state index in [-0.39, 0.29) is 11.7 Å². The van der Waals surface area contributed by atoms with E-state index >= 15 is 0 Å². The highest BCUT2D eigenvalue weighted by Gasteiger charge is 2.08. The third-order valence-corrected chi connectivity index (χ3v) is 2.42. The lowest BCUT2D eigenvalue weighted by atomic mass is 10.0. The van der Waals surface area contributed by atoms with Crippen molar-refractivity contribution in [2.75, 3.05) is 0 Å². The number of hydrogen-bond donors (Lipinski definition) is 2. The van der Waals surface area contributed by atoms with Gasteiger partial charge in [-0.15, -0.1) is 0 Å². The number of amides is 1. The van der Waals surface area contributed by atoms with Gasteiger partial charge in [-0.3, -0.25) is 9.59 Å². The molecule has 1 amide bonds. The lowest BCUT2D eigenvalue weighted by Gasteiger charge is -2.07. The zero-order valence-corrected chi connectivity index (χ0v) is 12.1. The summed E-state index contributed by atoms with van der Waals surface area (Å²) < 4.78 is 0. The largest absolute Gasteiger partial charge is 0.321 e. The Morgan fingerprint density at radius 1 is 1.35 bits per heavy atom. The molecule has 0 rings (SSSR count). The summed E-state index contributed by atoms with van der Waals surface area (Å²) in [6, 6.07) is -0.479. The highest BCUT2D eigenvalue weighted by Crippen LogP contribution is 2.08. The summed E-state index contributed by atoms with van der Waals surface area (Å²) in [5.41, 5.74) is 9.02. The van der Waals surface area contributed by atoms with Crippen molar-refractivity contribution in [1.29, 1.82) is 0 Å². The third-order valence-electron chi connectivity index (χ3n) is 2.42. The minimum atomic E-state index is -0.479. The van der Waals surface area contributed by atoms with Crippen LogP contribution in [0.2, 0.25) is 0 Å². The van der Waals surface area contributed by atoms with E-state index in [1.807, 2.05) is 18.2 Å². The van der Waals surface area contributed by atoms with Crippen molar-refractivity contribution in [3.63, 3.8) is 0 Å². The van der Waals surface area contributed by atoms with Crippen molar-refractivity contribution in [1.82, 2.24) is 5.43 Å². The second-order valence-corrected chi connectivity index (χ2v) is 4.36. The lowest BCUT2D eigenvalue weighted by Crippen LogP contribution is -2.28. The molecule has 1 atom stereocenters. The molecule has 110 valence electrons. The molecule has 5 heteroatoms. The molecule has 5 nitrogen and oxygen atoms in total. The van der Waals surface area contributed by atoms with Crippen LogP contribution in [0.25, 0.3) is 0 Å². The second kappa shape index (κ2) is 10.9. The minimum absolute atomic E-state index is 0.0317. The SMILES string of the molecule is C=C/C=C(\C=C/CC/C=N/NC(C)=O)CC(N)C(C)=O. The first kappa shape index (κ1) is 18.0. The molecule has 0 saturated carbocycles. The number of nitrogens with zero attached hydrogens (tertiary/aromatic N) is 1. The number of Topliss-reactive ketones (excluding diaryl/α,β-unsaturated/α-hetero) is 1. The van der Waals surface area contributed by atoms with E-state index in [2.05, 4.69) is 17.1 Å². The maximum absolute atomic E-state index is 11.1. The quantitative estimate of drug-likeness (QED) is 0.292. The first-order chi connectivity index (χ1) is 9.47. The van der Waals surface area contributed by atoms with E-state index in [4.69, 9.17) is 5.73 Å². The molecule has 0 aromatic rings. The average molecular weight is 277 g/mol. The first-order valence-corrected chi connectivity index (χ1v) is 6.49. The summed E-state index contributed by atoms with van der Waals surface area (Å²) in [7, 11) is 0. The van der Waals surface area contributed by atoms with Gasteiger partial charge in [-0.05, 0) is 31.8 Å². The molecule has 20 heavy (non-hydrogen) atoms. The van der Waals surface area contributed by atoms with Crippen LogP contribution in [0.3, 0.4) is 0 Å². The second-order valence-electron chi connectivity index (χ2n) is 4.36. The zero-order valence-electron chi connectivity index (χ0n) is 12.1. The van der Waals surface area contributed by atoms with Gasteiger partial charge < -0.3 is 5.73 Å². The molecule has 0 bridgehead atoms. The molecule has 0 aromatic carbocycles. The number of nitrogens with one attached hydrogen (secondary N) is 1. The van der Waals surface area contributed by atoms with Crippen molar-refractivity contribution in [2.24, 2.45) is 10.8 Å². The van der Waals surface area contributed by atoms with E-state index in [9.17, 15) is 9.59 Å². The molecule has 0 aliphatic rings. The molecule has 3 N–H and O–H groups in total. The lowest BCUT2D eigenvalue weighted by molar-refractivity contribution is -0.119. The maximum Gasteiger partial charge on any atom is 0.236 e. The van der Waals surface area contributed by atoms with Crippen LogP contribution in [-0.4, -0.2) is 23.9 Å². The fourth-order valence-corrected chi connectivity index (χ4v) is 1.35. The fraction of sp³-hybridized carbons (Fsp3) is 0.400. The molecule has 0 heterocycles. The van der Waals surface area contributed by atoms with Crippen LogP contribution in [0.15, 0.2) is 41.6 Å². The van der Waals surface area contributed by atoms with Gasteiger partial charge in [0, 0.05) is 13.1 Å². The van der Waals surface area contributed by atoms with E-state index in [0.29, 0.717) is 6.42 Å². The number of hydrazone groups is 1. The molecular formula is C15H23N3O2. The highest BCUT2D eigenvalue weighted by molar-refractivity contribution is 5.81. The first-order valence-electron chi connectivity index (χ1n) is 6.49. The van der Waals surface area contributed by atoms with Crippen molar-refractivity contribution in [3.8, 4) is 0 Å². The predicted molar refractivity (Wildman–Crippen MR) is 82.2 cm³/mol. The van der Waals surface area contributed by atoms with Gasteiger partial charge in [-0.2, -0.15) is 5.10 Å². The summed E-state index contributed by atoms with van der Waals surface area (Å²) in [6.45, 7) is 6.53. The Morgan fingerprint density at radius 2 is 2.05 bits per heavy atom. The van der Waals surface area contributed by atoms with Crippen LogP contribution in [-0.2, 0) is 9.59 Å². The Labute approximate surface area is 120 Å². The van der Waals surface area contributed by atoms with E-state index in [1.54, 1.807) is 12.3 Å². The molecular weight excluding hydrogens is 254 g/mol. The number of carbonyl (C=O) groups is 2. The van der Waals surface area contributed by atoms with Gasteiger partial charge in [0.1, 0.15) is 5.78 Å². The van der Waals surface area contributed by atoms with Crippen molar-refractivity contribution >= 4 is 17.9 Å². The molecule has 0 saturated heterocycles. The Hall–Kier alpha value is -2.01. The Bertz CT molecular complexity index is 423. The van der Waals surface area contributed by atoms with Crippen molar-refractivity contribution < 1.29 is 9.59 Å². The fourth-order valence-electron chi connectivity index (χ4n) is 1.35. The van der Waals surface area contributed by atoms with Crippen LogP contribution < -0.4 is 11.2 Å². The van der Waals surface area contributed by atoms with Gasteiger partial charge in [0.25, 0.3) is 0 Å².